The van der Waals surface area contributed by atoms with Crippen molar-refractivity contribution >= 4 is 49.4 Å². The van der Waals surface area contributed by atoms with Gasteiger partial charge < -0.3 is 0 Å². The summed E-state index contributed by atoms with van der Waals surface area (Å²) >= 11 is 1.58. The van der Waals surface area contributed by atoms with Gasteiger partial charge in [-0.3, -0.25) is 14.5 Å². The Morgan fingerprint density at radius 2 is 1.80 bits per heavy atom. The van der Waals surface area contributed by atoms with Gasteiger partial charge in [-0.2, -0.15) is 0 Å². The third-order valence-electron chi connectivity index (χ3n) is 2.09. The molecule has 3 nitrogen and oxygen atoms in total. The van der Waals surface area contributed by atoms with Crippen molar-refractivity contribution in [1.29, 1.82) is 0 Å². The van der Waals surface area contributed by atoms with Crippen molar-refractivity contribution < 1.29 is 9.59 Å². The Kier molecular flexibility index (Phi) is 6.33. The molecule has 83 valence electrons. The molecule has 0 aromatic carbocycles. The molecule has 1 aliphatic rings. The van der Waals surface area contributed by atoms with Gasteiger partial charge in [0.15, 0.2) is 0 Å². The van der Waals surface area contributed by atoms with E-state index >= 15 is 0 Å². The second kappa shape index (κ2) is 6.18. The maximum absolute atomic E-state index is 11.8. The molecule has 0 aromatic rings. The minimum atomic E-state index is -0.148. The smallest absolute Gasteiger partial charge is 0.243 e. The second-order valence-electron chi connectivity index (χ2n) is 4.07. The van der Waals surface area contributed by atoms with E-state index in [9.17, 15) is 9.59 Å². The molecule has 1 aliphatic heterocycles. The zero-order valence-corrected chi connectivity index (χ0v) is 13.8. The predicted molar refractivity (Wildman–Crippen MR) is 63.9 cm³/mol. The first-order valence-electron chi connectivity index (χ1n) is 4.94. The standard InChI is InChI=1S/C10H17NO2S.In/c1-6(2)11-9(12)5-8(10(11)13)14-7(3)4;/h6-8H,5H2,1-4H3;. The number of hydrogen-bond acceptors (Lipinski definition) is 3. The molecule has 0 bridgehead atoms. The Morgan fingerprint density at radius 1 is 1.27 bits per heavy atom. The van der Waals surface area contributed by atoms with E-state index in [4.69, 9.17) is 0 Å². The summed E-state index contributed by atoms with van der Waals surface area (Å²) in [4.78, 5) is 24.7. The number of likely N-dealkylation sites (tertiary alicyclic amines) is 1. The molecule has 3 radical (unpaired) electrons. The summed E-state index contributed by atoms with van der Waals surface area (Å²) in [5.74, 6) is -0.0353. The van der Waals surface area contributed by atoms with E-state index in [0.717, 1.165) is 0 Å². The van der Waals surface area contributed by atoms with Gasteiger partial charge >= 0.3 is 0 Å². The van der Waals surface area contributed by atoms with Crippen molar-refractivity contribution in [2.45, 2.75) is 50.7 Å². The van der Waals surface area contributed by atoms with E-state index in [2.05, 4.69) is 0 Å². The molecule has 1 saturated heterocycles. The first-order chi connectivity index (χ1) is 6.43. The normalized spacial score (nSPS) is 21.5. The van der Waals surface area contributed by atoms with Gasteiger partial charge in [-0.1, -0.05) is 13.8 Å². The fourth-order valence-electron chi connectivity index (χ4n) is 1.60. The van der Waals surface area contributed by atoms with E-state index in [0.29, 0.717) is 11.7 Å². The maximum atomic E-state index is 11.8. The van der Waals surface area contributed by atoms with Crippen LogP contribution >= 0.6 is 11.8 Å². The van der Waals surface area contributed by atoms with Crippen LogP contribution in [-0.4, -0.2) is 59.1 Å². The number of rotatable bonds is 3. The van der Waals surface area contributed by atoms with E-state index < -0.39 is 0 Å². The van der Waals surface area contributed by atoms with Crippen molar-refractivity contribution in [2.24, 2.45) is 0 Å². The molecule has 0 spiro atoms. The monoisotopic (exact) mass is 330 g/mol. The Morgan fingerprint density at radius 3 is 2.13 bits per heavy atom. The Hall–Kier alpha value is 0.360. The van der Waals surface area contributed by atoms with Crippen molar-refractivity contribution in [3.05, 3.63) is 0 Å². The average Bonchev–Trinajstić information content (AvgIpc) is 2.25. The molecular formula is C10H17InNO2S. The molecule has 0 saturated carbocycles. The molecule has 0 aliphatic carbocycles. The van der Waals surface area contributed by atoms with Crippen LogP contribution in [0.5, 0.6) is 0 Å². The second-order valence-corrected chi connectivity index (χ2v) is 5.86. The van der Waals surface area contributed by atoms with Crippen molar-refractivity contribution in [1.82, 2.24) is 4.90 Å². The first kappa shape index (κ1) is 15.4. The van der Waals surface area contributed by atoms with Crippen LogP contribution in [-0.2, 0) is 9.59 Å². The molecule has 0 aromatic heterocycles. The van der Waals surface area contributed by atoms with Gasteiger partial charge in [-0.25, -0.2) is 0 Å². The van der Waals surface area contributed by atoms with Crippen molar-refractivity contribution in [2.75, 3.05) is 0 Å². The molecule has 0 N–H and O–H groups in total. The summed E-state index contributed by atoms with van der Waals surface area (Å²) in [6.07, 6.45) is 0.375. The largest absolute Gasteiger partial charge is 0.279 e. The van der Waals surface area contributed by atoms with Crippen LogP contribution in [0.25, 0.3) is 0 Å². The number of carbonyl (C=O) groups is 2. The number of amides is 2. The van der Waals surface area contributed by atoms with Gasteiger partial charge in [0.2, 0.25) is 11.8 Å². The number of hydrogen-bond donors (Lipinski definition) is 0. The van der Waals surface area contributed by atoms with Crippen LogP contribution in [0, 0.1) is 0 Å². The molecule has 15 heavy (non-hydrogen) atoms. The summed E-state index contributed by atoms with van der Waals surface area (Å²) in [7, 11) is 0. The molecule has 1 atom stereocenters. The van der Waals surface area contributed by atoms with E-state index in [1.54, 1.807) is 11.8 Å². The fourth-order valence-corrected chi connectivity index (χ4v) is 2.73. The Bertz CT molecular complexity index is 256. The molecule has 2 amide bonds. The zero-order chi connectivity index (χ0) is 10.9. The van der Waals surface area contributed by atoms with Crippen LogP contribution in [0.15, 0.2) is 0 Å². The molecule has 1 unspecified atom stereocenters. The maximum Gasteiger partial charge on any atom is 0.243 e. The Balaban J connectivity index is 0.00000196. The predicted octanol–water partition coefficient (Wildman–Crippen LogP) is 1.28. The molecule has 5 heteroatoms. The van der Waals surface area contributed by atoms with Gasteiger partial charge in [0.1, 0.15) is 0 Å². The van der Waals surface area contributed by atoms with Crippen molar-refractivity contribution in [3.8, 4) is 0 Å². The minimum absolute atomic E-state index is 0. The van der Waals surface area contributed by atoms with Gasteiger partial charge in [0.25, 0.3) is 0 Å². The number of nitrogens with zero attached hydrogens (tertiary/aromatic N) is 1. The third kappa shape index (κ3) is 3.70. The third-order valence-corrected chi connectivity index (χ3v) is 3.34. The van der Waals surface area contributed by atoms with Gasteiger partial charge in [-0.05, 0) is 19.1 Å². The van der Waals surface area contributed by atoms with Gasteiger partial charge in [0.05, 0.1) is 5.25 Å². The molecule has 1 fully saturated rings. The zero-order valence-electron chi connectivity index (χ0n) is 9.69. The summed E-state index contributed by atoms with van der Waals surface area (Å²) < 4.78 is 0. The van der Waals surface area contributed by atoms with Gasteiger partial charge in [0, 0.05) is 38.3 Å². The van der Waals surface area contributed by atoms with E-state index in [-0.39, 0.29) is 48.9 Å². The summed E-state index contributed by atoms with van der Waals surface area (Å²) in [5.41, 5.74) is 0. The number of carbonyl (C=O) groups excluding carboxylic acids is 2. The van der Waals surface area contributed by atoms with E-state index in [1.165, 1.54) is 4.90 Å². The van der Waals surface area contributed by atoms with Crippen molar-refractivity contribution in [3.63, 3.8) is 0 Å². The minimum Gasteiger partial charge on any atom is -0.279 e. The van der Waals surface area contributed by atoms with Crippen LogP contribution in [0.1, 0.15) is 34.1 Å². The molecular weight excluding hydrogens is 313 g/mol. The Labute approximate surface area is 114 Å². The van der Waals surface area contributed by atoms with Crippen LogP contribution in [0.4, 0.5) is 0 Å². The fraction of sp³-hybridized carbons (Fsp3) is 0.800. The SMILES string of the molecule is CC(C)SC1CC(=O)N(C(C)C)C1=O.[In]. The first-order valence-corrected chi connectivity index (χ1v) is 5.89. The average molecular weight is 330 g/mol. The van der Waals surface area contributed by atoms with Gasteiger partial charge in [-0.15, -0.1) is 11.8 Å². The van der Waals surface area contributed by atoms with E-state index in [1.807, 2.05) is 27.7 Å². The molecule has 1 heterocycles. The number of thioether (sulfide) groups is 1. The van der Waals surface area contributed by atoms with Crippen LogP contribution < -0.4 is 0 Å². The van der Waals surface area contributed by atoms with Crippen LogP contribution in [0.2, 0.25) is 0 Å². The molecule has 1 rings (SSSR count). The summed E-state index contributed by atoms with van der Waals surface area (Å²) in [6, 6.07) is -0.00670. The van der Waals surface area contributed by atoms with Crippen LogP contribution in [0.3, 0.4) is 0 Å². The summed E-state index contributed by atoms with van der Waals surface area (Å²) in [5, 5.41) is 0.244. The summed E-state index contributed by atoms with van der Waals surface area (Å²) in [6.45, 7) is 7.83. The number of imide groups is 1. The quantitative estimate of drug-likeness (QED) is 0.732. The topological polar surface area (TPSA) is 37.4 Å².